The highest BCUT2D eigenvalue weighted by Gasteiger charge is 2.25. The third-order valence-electron chi connectivity index (χ3n) is 7.49. The van der Waals surface area contributed by atoms with Crippen molar-refractivity contribution in [3.8, 4) is 11.5 Å². The molecule has 3 aromatic carbocycles. The average Bonchev–Trinajstić information content (AvgIpc) is 3.28. The maximum absolute atomic E-state index is 13.0. The van der Waals surface area contributed by atoms with Gasteiger partial charge in [-0.15, -0.1) is 0 Å². The van der Waals surface area contributed by atoms with E-state index < -0.39 is 0 Å². The highest BCUT2D eigenvalue weighted by Crippen LogP contribution is 2.42. The standard InChI is InChI=1S/C31H32ClF2NO2/c1-21-27(6-3-8-30(21)32)29-7-2-5-23-19-25(37-34)13-14-28(23)31(29)22-9-11-24(12-10-22)36-26-15-18-35(20-26)17-4-16-33/h3,6,8-14,19,26H,2,4-5,7,15-18,20H2,1H3/t26-/m0/s1. The fourth-order valence-electron chi connectivity index (χ4n) is 5.62. The molecule has 2 aliphatic rings. The van der Waals surface area contributed by atoms with E-state index in [-0.39, 0.29) is 18.5 Å². The number of halogens is 3. The topological polar surface area (TPSA) is 21.7 Å². The molecule has 0 aromatic heterocycles. The fraction of sp³-hybridized carbons (Fsp3) is 0.355. The second-order valence-electron chi connectivity index (χ2n) is 9.91. The Bertz CT molecular complexity index is 1270. The van der Waals surface area contributed by atoms with E-state index in [1.54, 1.807) is 12.1 Å². The van der Waals surface area contributed by atoms with Gasteiger partial charge in [0.05, 0.1) is 6.67 Å². The van der Waals surface area contributed by atoms with Crippen molar-refractivity contribution in [3.63, 3.8) is 0 Å². The SMILES string of the molecule is Cc1c(Cl)cccc1C1=C(c2ccc(O[C@H]3CCN(CCCF)C3)cc2)c2ccc(OF)cc2CCC1. The molecule has 0 unspecified atom stereocenters. The molecule has 0 radical (unpaired) electrons. The van der Waals surface area contributed by atoms with E-state index in [4.69, 9.17) is 16.3 Å². The van der Waals surface area contributed by atoms with E-state index in [2.05, 4.69) is 35.0 Å². The minimum Gasteiger partial charge on any atom is -0.489 e. The maximum atomic E-state index is 13.0. The number of allylic oxidation sites excluding steroid dienone is 1. The molecular weight excluding hydrogens is 492 g/mol. The third-order valence-corrected chi connectivity index (χ3v) is 7.89. The Labute approximate surface area is 222 Å². The van der Waals surface area contributed by atoms with Crippen molar-refractivity contribution >= 4 is 22.7 Å². The lowest BCUT2D eigenvalue weighted by Gasteiger charge is -2.19. The first-order valence-corrected chi connectivity index (χ1v) is 13.4. The van der Waals surface area contributed by atoms with Crippen LogP contribution in [0.25, 0.3) is 11.1 Å². The Kier molecular flexibility index (Phi) is 8.11. The second kappa shape index (κ2) is 11.7. The Morgan fingerprint density at radius 2 is 1.81 bits per heavy atom. The van der Waals surface area contributed by atoms with Crippen LogP contribution < -0.4 is 9.68 Å². The summed E-state index contributed by atoms with van der Waals surface area (Å²) in [5.41, 5.74) is 7.80. The number of nitrogens with zero attached hydrogens (tertiary/aromatic N) is 1. The Hall–Kier alpha value is -2.89. The number of likely N-dealkylation sites (tertiary alicyclic amines) is 1. The fourth-order valence-corrected chi connectivity index (χ4v) is 5.79. The predicted molar refractivity (Wildman–Crippen MR) is 146 cm³/mol. The number of fused-ring (bicyclic) bond motifs is 1. The average molecular weight is 524 g/mol. The summed E-state index contributed by atoms with van der Waals surface area (Å²) in [6.45, 7) is 4.34. The molecule has 1 aliphatic heterocycles. The van der Waals surface area contributed by atoms with E-state index in [1.807, 2.05) is 30.3 Å². The Morgan fingerprint density at radius 3 is 2.59 bits per heavy atom. The van der Waals surface area contributed by atoms with Gasteiger partial charge in [-0.05, 0) is 108 Å². The maximum Gasteiger partial charge on any atom is 0.172 e. The molecule has 0 amide bonds. The van der Waals surface area contributed by atoms with Gasteiger partial charge in [-0.1, -0.05) is 41.9 Å². The molecule has 1 heterocycles. The molecule has 1 fully saturated rings. The number of aryl methyl sites for hydroxylation is 1. The zero-order valence-electron chi connectivity index (χ0n) is 21.1. The molecule has 3 aromatic rings. The van der Waals surface area contributed by atoms with Gasteiger partial charge in [-0.25, -0.2) is 0 Å². The molecule has 0 spiro atoms. The summed E-state index contributed by atoms with van der Waals surface area (Å²) >= 11 is 6.53. The first-order chi connectivity index (χ1) is 18.1. The summed E-state index contributed by atoms with van der Waals surface area (Å²) in [5.74, 6) is 1.05. The van der Waals surface area contributed by atoms with Gasteiger partial charge in [0.2, 0.25) is 0 Å². The van der Waals surface area contributed by atoms with Crippen LogP contribution in [0.15, 0.2) is 60.7 Å². The molecule has 0 N–H and O–H groups in total. The van der Waals surface area contributed by atoms with Crippen molar-refractivity contribution in [2.75, 3.05) is 26.3 Å². The number of hydrogen-bond acceptors (Lipinski definition) is 3. The van der Waals surface area contributed by atoms with E-state index in [0.29, 0.717) is 6.42 Å². The van der Waals surface area contributed by atoms with Crippen LogP contribution in [0.2, 0.25) is 5.02 Å². The number of alkyl halides is 1. The highest BCUT2D eigenvalue weighted by atomic mass is 35.5. The minimum atomic E-state index is -0.277. The smallest absolute Gasteiger partial charge is 0.172 e. The van der Waals surface area contributed by atoms with Crippen molar-refractivity contribution in [2.24, 2.45) is 0 Å². The molecule has 1 aliphatic carbocycles. The number of benzene rings is 3. The third kappa shape index (κ3) is 5.68. The lowest BCUT2D eigenvalue weighted by Crippen LogP contribution is -2.26. The highest BCUT2D eigenvalue weighted by molar-refractivity contribution is 6.31. The van der Waals surface area contributed by atoms with Gasteiger partial charge in [0.1, 0.15) is 11.9 Å². The van der Waals surface area contributed by atoms with Gasteiger partial charge in [0.15, 0.2) is 5.75 Å². The monoisotopic (exact) mass is 523 g/mol. The lowest BCUT2D eigenvalue weighted by atomic mass is 9.86. The van der Waals surface area contributed by atoms with Gasteiger partial charge in [-0.3, -0.25) is 14.2 Å². The summed E-state index contributed by atoms with van der Waals surface area (Å²) in [5, 5.41) is 0.746. The first-order valence-electron chi connectivity index (χ1n) is 13.0. The molecule has 3 nitrogen and oxygen atoms in total. The molecular formula is C31H32ClF2NO2. The summed E-state index contributed by atoms with van der Waals surface area (Å²) in [6.07, 6.45) is 4.30. The Balaban J connectivity index is 1.50. The van der Waals surface area contributed by atoms with Crippen LogP contribution in [-0.2, 0) is 6.42 Å². The van der Waals surface area contributed by atoms with E-state index in [1.165, 1.54) is 5.57 Å². The van der Waals surface area contributed by atoms with Crippen molar-refractivity contribution in [1.82, 2.24) is 4.90 Å². The summed E-state index contributed by atoms with van der Waals surface area (Å²) in [6, 6.07) is 19.8. The summed E-state index contributed by atoms with van der Waals surface area (Å²) in [4.78, 5) is 6.31. The van der Waals surface area contributed by atoms with E-state index >= 15 is 0 Å². The molecule has 5 rings (SSSR count). The van der Waals surface area contributed by atoms with Crippen LogP contribution in [0.5, 0.6) is 11.5 Å². The van der Waals surface area contributed by atoms with Crippen molar-refractivity contribution in [2.45, 2.75) is 45.1 Å². The van der Waals surface area contributed by atoms with Gasteiger partial charge in [-0.2, -0.15) is 0 Å². The van der Waals surface area contributed by atoms with Gasteiger partial charge >= 0.3 is 0 Å². The number of rotatable bonds is 8. The van der Waals surface area contributed by atoms with Gasteiger partial charge < -0.3 is 4.74 Å². The van der Waals surface area contributed by atoms with Crippen LogP contribution in [0.3, 0.4) is 0 Å². The zero-order valence-corrected chi connectivity index (χ0v) is 21.9. The van der Waals surface area contributed by atoms with E-state index in [9.17, 15) is 8.92 Å². The molecule has 0 bridgehead atoms. The number of ether oxygens (including phenoxy) is 1. The summed E-state index contributed by atoms with van der Waals surface area (Å²) in [7, 11) is 0. The van der Waals surface area contributed by atoms with Crippen LogP contribution in [0, 0.1) is 6.92 Å². The molecule has 6 heteroatoms. The molecule has 37 heavy (non-hydrogen) atoms. The van der Waals surface area contributed by atoms with Crippen LogP contribution in [-0.4, -0.2) is 37.3 Å². The zero-order chi connectivity index (χ0) is 25.8. The first kappa shape index (κ1) is 25.7. The van der Waals surface area contributed by atoms with Crippen molar-refractivity contribution < 1.29 is 18.6 Å². The Morgan fingerprint density at radius 1 is 1.00 bits per heavy atom. The largest absolute Gasteiger partial charge is 0.489 e. The summed E-state index contributed by atoms with van der Waals surface area (Å²) < 4.78 is 31.8. The minimum absolute atomic E-state index is 0.118. The van der Waals surface area contributed by atoms with Gasteiger partial charge in [0, 0.05) is 29.2 Å². The number of hydrogen-bond donors (Lipinski definition) is 0. The molecule has 1 atom stereocenters. The van der Waals surface area contributed by atoms with Crippen LogP contribution in [0.4, 0.5) is 8.92 Å². The molecule has 0 saturated carbocycles. The quantitative estimate of drug-likeness (QED) is 0.298. The van der Waals surface area contributed by atoms with E-state index in [0.717, 1.165) is 89.5 Å². The predicted octanol–water partition coefficient (Wildman–Crippen LogP) is 8.02. The molecule has 1 saturated heterocycles. The van der Waals surface area contributed by atoms with Gasteiger partial charge in [0.25, 0.3) is 0 Å². The second-order valence-corrected chi connectivity index (χ2v) is 10.3. The lowest BCUT2D eigenvalue weighted by molar-refractivity contribution is -0.00629. The van der Waals surface area contributed by atoms with Crippen LogP contribution >= 0.6 is 11.6 Å². The van der Waals surface area contributed by atoms with Crippen LogP contribution in [0.1, 0.15) is 53.5 Å². The normalized spacial score (nSPS) is 18.0. The van der Waals surface area contributed by atoms with Crippen molar-refractivity contribution in [3.05, 3.63) is 93.5 Å². The molecule has 194 valence electrons. The van der Waals surface area contributed by atoms with Crippen molar-refractivity contribution in [1.29, 1.82) is 0 Å².